The second-order valence-electron chi connectivity index (χ2n) is 26.6. The number of ether oxygens (including phenoxy) is 9. The van der Waals surface area contributed by atoms with Crippen LogP contribution in [0, 0.1) is 5.92 Å². The average Bonchev–Trinajstić information content (AvgIpc) is 0.831. The molecule has 0 spiro atoms. The molecule has 0 saturated carbocycles. The lowest BCUT2D eigenvalue weighted by molar-refractivity contribution is -0.301. The first-order valence-electron chi connectivity index (χ1n) is 36.9. The Bertz CT molecular complexity index is 2180. The first kappa shape index (κ1) is 93.2. The summed E-state index contributed by atoms with van der Waals surface area (Å²) in [4.78, 5) is 101. The summed E-state index contributed by atoms with van der Waals surface area (Å²) in [5, 5.41) is 138. The molecule has 3 aliphatic rings. The number of nitrogens with one attached hydrogen (secondary N) is 7. The number of hydrogen-bond donors (Lipinski definition) is 19. The van der Waals surface area contributed by atoms with E-state index in [1.165, 1.54) is 0 Å². The predicted octanol–water partition coefficient (Wildman–Crippen LogP) is -3.85. The number of carboxylic acid groups (broad SMARTS) is 1. The third-order valence-electron chi connectivity index (χ3n) is 17.7. The zero-order valence-corrected chi connectivity index (χ0v) is 60.4. The second kappa shape index (κ2) is 55.4. The predicted molar refractivity (Wildman–Crippen MR) is 367 cm³/mol. The Morgan fingerprint density at radius 3 is 0.923 bits per heavy atom. The molecule has 7 unspecified atom stereocenters. The Morgan fingerprint density at radius 2 is 0.596 bits per heavy atom. The number of amides is 7. The molecule has 0 aromatic carbocycles. The van der Waals surface area contributed by atoms with Gasteiger partial charge >= 0.3 is 5.97 Å². The molecule has 3 rings (SSSR count). The van der Waals surface area contributed by atoms with Gasteiger partial charge in [0.05, 0.1) is 71.7 Å². The molecular formula is C68H123N7O29. The molecule has 3 heterocycles. The standard InChI is InChI=1S/C68H123N7O29/c1-45-46(39-76)102-65(62(93)57(45)88)99-33-13-10-19-49(79)69-27-16-30-72-52(82)24-36-96-42-68(75-55(85)22-8-6-4-2-3-5-7-9-23-56(86)87,43-97-37-25-53(83)73-31-17-28-70-50(80)20-11-14-34-100-66-63(94)60(91)58(89)47(40-77)103-66)44-98-38-26-54(84)74-32-18-29-71-51(81)21-12-15-35-101-67-64(95)61(92)59(90)48(41-78)104-67/h45-48,57-67,76-78,88-95H,2-44H2,1H3,(H,69,79)(H,70,80)(H,71,81)(H,72,82)(H,73,83)(H,74,84)(H,75,85)(H,86,87)/t45-,46?,47?,48?,57+,58-,59-,60+,61?,62?,63?,64-,65+,66+,67+,68?/m1/s1. The largest absolute Gasteiger partial charge is 0.481 e. The van der Waals surface area contributed by atoms with E-state index in [-0.39, 0.29) is 198 Å². The van der Waals surface area contributed by atoms with Crippen LogP contribution in [0.3, 0.4) is 0 Å². The zero-order chi connectivity index (χ0) is 76.5. The van der Waals surface area contributed by atoms with Crippen molar-refractivity contribution in [3.8, 4) is 0 Å². The smallest absolute Gasteiger partial charge is 0.303 e. The maximum Gasteiger partial charge on any atom is 0.303 e. The van der Waals surface area contributed by atoms with Crippen molar-refractivity contribution < 1.29 is 142 Å². The summed E-state index contributed by atoms with van der Waals surface area (Å²) in [6.45, 7) is 0.882. The minimum atomic E-state index is -1.57. The average molecular weight is 1500 g/mol. The van der Waals surface area contributed by atoms with Crippen molar-refractivity contribution in [3.05, 3.63) is 0 Å². The molecule has 0 bridgehead atoms. The maximum atomic E-state index is 13.8. The van der Waals surface area contributed by atoms with Gasteiger partial charge in [-0.3, -0.25) is 38.4 Å². The van der Waals surface area contributed by atoms with Crippen molar-refractivity contribution in [1.29, 1.82) is 0 Å². The number of rotatable bonds is 60. The Balaban J connectivity index is 1.51. The van der Waals surface area contributed by atoms with E-state index in [9.17, 15) is 94.5 Å². The highest BCUT2D eigenvalue weighted by Crippen LogP contribution is 2.28. The van der Waals surface area contributed by atoms with Crippen LogP contribution < -0.4 is 37.2 Å². The third-order valence-corrected chi connectivity index (χ3v) is 17.7. The lowest BCUT2D eigenvalue weighted by Crippen LogP contribution is -2.59. The number of carbonyl (C=O) groups is 8. The summed E-state index contributed by atoms with van der Waals surface area (Å²) in [5.41, 5.74) is -1.40. The summed E-state index contributed by atoms with van der Waals surface area (Å²) in [6.07, 6.45) is -7.64. The van der Waals surface area contributed by atoms with Crippen LogP contribution >= 0.6 is 0 Å². The summed E-state index contributed by atoms with van der Waals surface area (Å²) in [6, 6.07) is 0. The summed E-state index contributed by atoms with van der Waals surface area (Å²) in [7, 11) is 0. The van der Waals surface area contributed by atoms with Crippen molar-refractivity contribution >= 4 is 47.3 Å². The topological polar surface area (TPSA) is 547 Å². The molecule has 3 fully saturated rings. The van der Waals surface area contributed by atoms with Crippen LogP contribution in [-0.4, -0.2) is 319 Å². The van der Waals surface area contributed by atoms with Gasteiger partial charge in [0.15, 0.2) is 18.9 Å². The van der Waals surface area contributed by atoms with E-state index in [0.717, 1.165) is 38.5 Å². The van der Waals surface area contributed by atoms with E-state index in [4.69, 9.17) is 47.7 Å². The van der Waals surface area contributed by atoms with Crippen molar-refractivity contribution in [2.45, 2.75) is 259 Å². The minimum absolute atomic E-state index is 0.0688. The molecule has 36 heteroatoms. The van der Waals surface area contributed by atoms with Crippen LogP contribution in [0.5, 0.6) is 0 Å². The fourth-order valence-electron chi connectivity index (χ4n) is 11.3. The Hall–Kier alpha value is -5.04. The fourth-order valence-corrected chi connectivity index (χ4v) is 11.3. The molecule has 0 aliphatic carbocycles. The van der Waals surface area contributed by atoms with E-state index < -0.39 is 117 Å². The lowest BCUT2D eigenvalue weighted by Gasteiger charge is -2.40. The third kappa shape index (κ3) is 39.2. The van der Waals surface area contributed by atoms with Crippen LogP contribution in [0.25, 0.3) is 0 Å². The molecule has 7 amide bonds. The molecule has 0 aromatic heterocycles. The SMILES string of the molecule is C[C@@H]1C(CO)O[C@H](OCCCCC(=O)NCCCNC(=O)CCOCC(COCCC(=O)NCCCNC(=O)CCCCO[C@H]2OC(CO)[C@@H](O)[C@H](O)C2O)(COCCC(=O)NCCCNC(=O)CCCCO[C@H]2OC(CO)[C@@H](O)C(O)[C@H]2O)NC(=O)CCCCCCCCCCC(=O)O)C(O)[C@H]1O. The van der Waals surface area contributed by atoms with Gasteiger partial charge in [-0.25, -0.2) is 0 Å². The van der Waals surface area contributed by atoms with Gasteiger partial charge in [0.1, 0.15) is 60.5 Å². The van der Waals surface area contributed by atoms with Crippen LogP contribution in [0.15, 0.2) is 0 Å². The Morgan fingerprint density at radius 1 is 0.317 bits per heavy atom. The molecule has 3 saturated heterocycles. The zero-order valence-electron chi connectivity index (χ0n) is 60.4. The lowest BCUT2D eigenvalue weighted by atomic mass is 9.91. The number of carbonyl (C=O) groups excluding carboxylic acids is 7. The van der Waals surface area contributed by atoms with E-state index in [1.54, 1.807) is 6.92 Å². The van der Waals surface area contributed by atoms with Crippen LogP contribution in [0.2, 0.25) is 0 Å². The van der Waals surface area contributed by atoms with Gasteiger partial charge in [-0.05, 0) is 70.6 Å². The molecule has 0 aromatic rings. The van der Waals surface area contributed by atoms with E-state index >= 15 is 0 Å². The van der Waals surface area contributed by atoms with Crippen molar-refractivity contribution in [1.82, 2.24) is 37.2 Å². The molecule has 0 radical (unpaired) electrons. The number of carboxylic acids is 1. The second-order valence-corrected chi connectivity index (χ2v) is 26.6. The van der Waals surface area contributed by atoms with Crippen molar-refractivity contribution in [2.24, 2.45) is 5.92 Å². The number of unbranched alkanes of at least 4 members (excludes halogenated alkanes) is 10. The van der Waals surface area contributed by atoms with Gasteiger partial charge in [0.2, 0.25) is 41.4 Å². The van der Waals surface area contributed by atoms with Gasteiger partial charge in [0.25, 0.3) is 0 Å². The number of aliphatic carboxylic acids is 1. The summed E-state index contributed by atoms with van der Waals surface area (Å²) in [5.74, 6) is -3.45. The molecule has 36 nitrogen and oxygen atoms in total. The molecular weight excluding hydrogens is 1380 g/mol. The van der Waals surface area contributed by atoms with Crippen LogP contribution in [0.4, 0.5) is 0 Å². The summed E-state index contributed by atoms with van der Waals surface area (Å²) < 4.78 is 50.9. The van der Waals surface area contributed by atoms with Gasteiger partial charge in [0, 0.05) is 116 Å². The number of aliphatic hydroxyl groups excluding tert-OH is 11. The highest BCUT2D eigenvalue weighted by Gasteiger charge is 2.46. The van der Waals surface area contributed by atoms with Gasteiger partial charge in [-0.15, -0.1) is 0 Å². The van der Waals surface area contributed by atoms with Crippen LogP contribution in [-0.2, 0) is 81.0 Å². The number of hydrogen-bond acceptors (Lipinski definition) is 28. The minimum Gasteiger partial charge on any atom is -0.481 e. The van der Waals surface area contributed by atoms with Crippen molar-refractivity contribution in [3.63, 3.8) is 0 Å². The summed E-state index contributed by atoms with van der Waals surface area (Å²) >= 11 is 0. The van der Waals surface area contributed by atoms with Gasteiger partial charge in [-0.1, -0.05) is 45.4 Å². The quantitative estimate of drug-likeness (QED) is 0.0259. The molecule has 19 N–H and O–H groups in total. The number of aliphatic hydroxyl groups is 11. The van der Waals surface area contributed by atoms with Crippen molar-refractivity contribution in [2.75, 3.05) is 119 Å². The van der Waals surface area contributed by atoms with Gasteiger partial charge < -0.3 is 141 Å². The first-order valence-corrected chi connectivity index (χ1v) is 36.9. The van der Waals surface area contributed by atoms with E-state index in [1.807, 2.05) is 0 Å². The molecule has 604 valence electrons. The fraction of sp³-hybridized carbons (Fsp3) is 0.882. The Labute approximate surface area is 608 Å². The molecule has 104 heavy (non-hydrogen) atoms. The highest BCUT2D eigenvalue weighted by molar-refractivity contribution is 5.78. The highest BCUT2D eigenvalue weighted by atomic mass is 16.7. The molecule has 16 atom stereocenters. The monoisotopic (exact) mass is 1500 g/mol. The van der Waals surface area contributed by atoms with E-state index in [0.29, 0.717) is 70.6 Å². The molecule has 3 aliphatic heterocycles. The van der Waals surface area contributed by atoms with Crippen LogP contribution in [0.1, 0.15) is 167 Å². The van der Waals surface area contributed by atoms with Gasteiger partial charge in [-0.2, -0.15) is 0 Å². The maximum absolute atomic E-state index is 13.8. The van der Waals surface area contributed by atoms with E-state index in [2.05, 4.69) is 37.2 Å². The first-order chi connectivity index (χ1) is 50.0. The Kier molecular flexibility index (Phi) is 49.6. The normalized spacial score (nSPS) is 25.3.